The molecule has 0 aliphatic carbocycles. The first kappa shape index (κ1) is 13.4. The molecular formula is C10H12ClNO3. The number of aliphatic hydroxyl groups is 1. The molecule has 0 radical (unpaired) electrons. The highest BCUT2D eigenvalue weighted by Crippen LogP contribution is 2.11. The molecule has 0 saturated carbocycles. The van der Waals surface area contributed by atoms with Crippen LogP contribution in [0.5, 0.6) is 0 Å². The van der Waals surface area contributed by atoms with Gasteiger partial charge >= 0.3 is 0 Å². The molecule has 82 valence electrons. The number of nitrogens with zero attached hydrogens (tertiary/aromatic N) is 1. The van der Waals surface area contributed by atoms with Gasteiger partial charge in [0.1, 0.15) is 5.76 Å². The van der Waals surface area contributed by atoms with Gasteiger partial charge in [-0.1, -0.05) is 23.8 Å². The van der Waals surface area contributed by atoms with Crippen LogP contribution in [0.2, 0.25) is 0 Å². The third kappa shape index (κ3) is 6.51. The molecular weight excluding hydrogens is 218 g/mol. The van der Waals surface area contributed by atoms with Crippen LogP contribution >= 0.6 is 11.6 Å². The monoisotopic (exact) mass is 229 g/mol. The number of halogens is 1. The summed E-state index contributed by atoms with van der Waals surface area (Å²) in [6, 6.07) is 0. The van der Waals surface area contributed by atoms with E-state index >= 15 is 0 Å². The number of hydrogen-bond donors (Lipinski definition) is 1. The van der Waals surface area contributed by atoms with Gasteiger partial charge in [-0.3, -0.25) is 10.1 Å². The summed E-state index contributed by atoms with van der Waals surface area (Å²) in [6.07, 6.45) is 6.61. The third-order valence-electron chi connectivity index (χ3n) is 1.46. The van der Waals surface area contributed by atoms with E-state index in [0.29, 0.717) is 5.57 Å². The molecule has 0 aromatic carbocycles. The average Bonchev–Trinajstić information content (AvgIpc) is 2.21. The highest BCUT2D eigenvalue weighted by atomic mass is 35.5. The van der Waals surface area contributed by atoms with Crippen molar-refractivity contribution in [3.05, 3.63) is 57.0 Å². The van der Waals surface area contributed by atoms with Gasteiger partial charge in [-0.05, 0) is 25.5 Å². The first-order chi connectivity index (χ1) is 6.97. The zero-order valence-electron chi connectivity index (χ0n) is 8.48. The van der Waals surface area contributed by atoms with Crippen LogP contribution in [0, 0.1) is 10.1 Å². The molecule has 4 nitrogen and oxygen atoms in total. The second-order valence-corrected chi connectivity index (χ2v) is 3.11. The summed E-state index contributed by atoms with van der Waals surface area (Å²) in [7, 11) is 0. The lowest BCUT2D eigenvalue weighted by atomic mass is 10.2. The molecule has 0 aromatic heterocycles. The molecule has 0 unspecified atom stereocenters. The first-order valence-corrected chi connectivity index (χ1v) is 4.56. The zero-order valence-corrected chi connectivity index (χ0v) is 9.23. The lowest BCUT2D eigenvalue weighted by Crippen LogP contribution is -1.83. The molecule has 0 aliphatic heterocycles. The van der Waals surface area contributed by atoms with Crippen LogP contribution in [0.15, 0.2) is 46.9 Å². The smallest absolute Gasteiger partial charge is 0.234 e. The third-order valence-corrected chi connectivity index (χ3v) is 1.87. The summed E-state index contributed by atoms with van der Waals surface area (Å²) in [5.74, 6) is -0.0759. The number of allylic oxidation sites excluding steroid dienone is 6. The molecule has 0 aliphatic rings. The first-order valence-electron chi connectivity index (χ1n) is 4.18. The fourth-order valence-electron chi connectivity index (χ4n) is 0.672. The van der Waals surface area contributed by atoms with Crippen LogP contribution in [0.3, 0.4) is 0 Å². The van der Waals surface area contributed by atoms with Crippen molar-refractivity contribution in [2.24, 2.45) is 0 Å². The van der Waals surface area contributed by atoms with Crippen molar-refractivity contribution >= 4 is 11.6 Å². The summed E-state index contributed by atoms with van der Waals surface area (Å²) in [5, 5.41) is 19.5. The predicted molar refractivity (Wildman–Crippen MR) is 60.2 cm³/mol. The molecule has 0 aromatic rings. The minimum Gasteiger partial charge on any atom is -0.506 e. The molecule has 0 saturated heterocycles. The number of rotatable bonds is 4. The van der Waals surface area contributed by atoms with E-state index in [0.717, 1.165) is 6.20 Å². The SMILES string of the molecule is C\C=C(Cl)/C(O)=C\C=C(C)\C=C\[N+](=O)[O-]. The fraction of sp³-hybridized carbons (Fsp3) is 0.200. The summed E-state index contributed by atoms with van der Waals surface area (Å²) < 4.78 is 0. The minimum atomic E-state index is -0.556. The van der Waals surface area contributed by atoms with Crippen molar-refractivity contribution in [2.45, 2.75) is 13.8 Å². The van der Waals surface area contributed by atoms with Crippen molar-refractivity contribution in [2.75, 3.05) is 0 Å². The summed E-state index contributed by atoms with van der Waals surface area (Å²) >= 11 is 5.61. The van der Waals surface area contributed by atoms with Gasteiger partial charge in [0, 0.05) is 6.08 Å². The number of hydrogen-bond acceptors (Lipinski definition) is 3. The van der Waals surface area contributed by atoms with Gasteiger partial charge in [-0.2, -0.15) is 0 Å². The van der Waals surface area contributed by atoms with E-state index in [4.69, 9.17) is 11.6 Å². The average molecular weight is 230 g/mol. The van der Waals surface area contributed by atoms with Crippen LogP contribution in [0.1, 0.15) is 13.8 Å². The molecule has 0 heterocycles. The van der Waals surface area contributed by atoms with E-state index in [9.17, 15) is 15.2 Å². The Labute approximate surface area is 93.0 Å². The molecule has 0 fully saturated rings. The second-order valence-electron chi connectivity index (χ2n) is 2.70. The van der Waals surface area contributed by atoms with Gasteiger partial charge in [-0.15, -0.1) is 0 Å². The summed E-state index contributed by atoms with van der Waals surface area (Å²) in [5.41, 5.74) is 0.638. The molecule has 0 bridgehead atoms. The molecule has 0 atom stereocenters. The van der Waals surface area contributed by atoms with Crippen molar-refractivity contribution in [3.8, 4) is 0 Å². The largest absolute Gasteiger partial charge is 0.506 e. The molecule has 1 N–H and O–H groups in total. The maximum atomic E-state index is 9.99. The van der Waals surface area contributed by atoms with Gasteiger partial charge in [0.05, 0.1) is 9.96 Å². The summed E-state index contributed by atoms with van der Waals surface area (Å²) in [6.45, 7) is 3.36. The van der Waals surface area contributed by atoms with E-state index in [1.807, 2.05) is 0 Å². The summed E-state index contributed by atoms with van der Waals surface area (Å²) in [4.78, 5) is 9.44. The van der Waals surface area contributed by atoms with Crippen LogP contribution in [-0.4, -0.2) is 10.0 Å². The second kappa shape index (κ2) is 6.84. The van der Waals surface area contributed by atoms with Gasteiger partial charge in [-0.25, -0.2) is 0 Å². The molecule has 0 rings (SSSR count). The van der Waals surface area contributed by atoms with Gasteiger partial charge < -0.3 is 5.11 Å². The van der Waals surface area contributed by atoms with E-state index < -0.39 is 4.92 Å². The standard InChI is InChI=1S/C10H12ClNO3/c1-3-9(11)10(13)5-4-8(2)6-7-12(14)15/h3-7,13H,1-2H3/b7-6+,8-4+,9-3+,10-5+. The maximum Gasteiger partial charge on any atom is 0.234 e. The Balaban J connectivity index is 4.58. The Hall–Kier alpha value is -1.55. The Kier molecular flexibility index (Phi) is 6.13. The number of aliphatic hydroxyl groups excluding tert-OH is 1. The normalized spacial score (nSPS) is 14.7. The molecule has 5 heteroatoms. The maximum absolute atomic E-state index is 9.99. The lowest BCUT2D eigenvalue weighted by molar-refractivity contribution is -0.402. The zero-order chi connectivity index (χ0) is 11.8. The fourth-order valence-corrected chi connectivity index (χ4v) is 0.735. The Bertz CT molecular complexity index is 354. The Morgan fingerprint density at radius 3 is 2.53 bits per heavy atom. The molecule has 15 heavy (non-hydrogen) atoms. The van der Waals surface area contributed by atoms with Gasteiger partial charge in [0.25, 0.3) is 0 Å². The molecule has 0 amide bonds. The topological polar surface area (TPSA) is 63.4 Å². The van der Waals surface area contributed by atoms with Crippen molar-refractivity contribution in [3.63, 3.8) is 0 Å². The minimum absolute atomic E-state index is 0.0759. The van der Waals surface area contributed by atoms with Crippen LogP contribution < -0.4 is 0 Å². The van der Waals surface area contributed by atoms with Gasteiger partial charge in [0.15, 0.2) is 0 Å². The Morgan fingerprint density at radius 1 is 1.47 bits per heavy atom. The van der Waals surface area contributed by atoms with Crippen LogP contribution in [0.25, 0.3) is 0 Å². The van der Waals surface area contributed by atoms with E-state index in [1.54, 1.807) is 19.9 Å². The van der Waals surface area contributed by atoms with E-state index in [2.05, 4.69) is 0 Å². The quantitative estimate of drug-likeness (QED) is 0.348. The van der Waals surface area contributed by atoms with Crippen LogP contribution in [-0.2, 0) is 0 Å². The predicted octanol–water partition coefficient (Wildman–Crippen LogP) is 3.31. The number of nitro groups is 1. The highest BCUT2D eigenvalue weighted by Gasteiger charge is 1.94. The van der Waals surface area contributed by atoms with E-state index in [1.165, 1.54) is 18.2 Å². The van der Waals surface area contributed by atoms with Crippen LogP contribution in [0.4, 0.5) is 0 Å². The highest BCUT2D eigenvalue weighted by molar-refractivity contribution is 6.31. The van der Waals surface area contributed by atoms with Gasteiger partial charge in [0.2, 0.25) is 6.20 Å². The van der Waals surface area contributed by atoms with Crippen molar-refractivity contribution in [1.82, 2.24) is 0 Å². The van der Waals surface area contributed by atoms with E-state index in [-0.39, 0.29) is 10.8 Å². The van der Waals surface area contributed by atoms with Crippen molar-refractivity contribution < 1.29 is 10.0 Å². The molecule has 0 spiro atoms. The Morgan fingerprint density at radius 2 is 2.07 bits per heavy atom. The lowest BCUT2D eigenvalue weighted by Gasteiger charge is -1.94. The van der Waals surface area contributed by atoms with Crippen molar-refractivity contribution in [1.29, 1.82) is 0 Å².